The smallest absolute Gasteiger partial charge is 0.303 e. The zero-order valence-electron chi connectivity index (χ0n) is 16.7. The van der Waals surface area contributed by atoms with Crippen LogP contribution in [-0.4, -0.2) is 18.2 Å². The first-order valence-electron chi connectivity index (χ1n) is 9.97. The van der Waals surface area contributed by atoms with E-state index >= 15 is 0 Å². The Labute approximate surface area is 174 Å². The van der Waals surface area contributed by atoms with Crippen molar-refractivity contribution in [2.45, 2.75) is 31.8 Å². The first-order chi connectivity index (χ1) is 14.5. The second-order valence-corrected chi connectivity index (χ2v) is 7.48. The summed E-state index contributed by atoms with van der Waals surface area (Å²) < 4.78 is 25.2. The van der Waals surface area contributed by atoms with Crippen molar-refractivity contribution in [1.29, 1.82) is 0 Å². The molecule has 154 valence electrons. The molecule has 30 heavy (non-hydrogen) atoms. The van der Waals surface area contributed by atoms with Gasteiger partial charge in [0.05, 0.1) is 7.11 Å². The molecule has 0 radical (unpaired) electrons. The Hall–Kier alpha value is -3.34. The van der Waals surface area contributed by atoms with Gasteiger partial charge in [0.1, 0.15) is 23.4 Å². The number of methoxy groups -OCH3 is 1. The van der Waals surface area contributed by atoms with Crippen molar-refractivity contribution < 1.29 is 23.8 Å². The molecule has 1 aliphatic rings. The predicted molar refractivity (Wildman–Crippen MR) is 112 cm³/mol. The fraction of sp³-hybridized carbons (Fsp3) is 0.240. The summed E-state index contributed by atoms with van der Waals surface area (Å²) >= 11 is 0. The second kappa shape index (κ2) is 8.57. The Kier molecular flexibility index (Phi) is 5.70. The standard InChI is InChI=1S/C25H23FO4/c1-29-22-14-20(13-21(26)15-22)17-5-7-18(8-6-17)23-10-9-19-4-2-16(3-11-25(27)28)12-24(19)30-23/h2,4-8,12-15,23H,3,9-11H2,1H3,(H,27,28). The Bertz CT molecular complexity index is 1060. The fourth-order valence-corrected chi connectivity index (χ4v) is 3.79. The van der Waals surface area contributed by atoms with Crippen molar-refractivity contribution in [2.75, 3.05) is 7.11 Å². The number of fused-ring (bicyclic) bond motifs is 1. The van der Waals surface area contributed by atoms with Crippen molar-refractivity contribution in [1.82, 2.24) is 0 Å². The lowest BCUT2D eigenvalue weighted by atomic mass is 9.94. The molecule has 0 aliphatic carbocycles. The molecule has 1 heterocycles. The minimum atomic E-state index is -0.803. The third kappa shape index (κ3) is 4.46. The molecule has 1 aliphatic heterocycles. The molecule has 0 saturated heterocycles. The maximum absolute atomic E-state index is 13.8. The highest BCUT2D eigenvalue weighted by atomic mass is 19.1. The minimum absolute atomic E-state index is 0.0664. The number of hydrogen-bond acceptors (Lipinski definition) is 3. The molecular weight excluding hydrogens is 383 g/mol. The van der Waals surface area contributed by atoms with Gasteiger partial charge in [-0.2, -0.15) is 0 Å². The Balaban J connectivity index is 1.51. The van der Waals surface area contributed by atoms with Gasteiger partial charge < -0.3 is 14.6 Å². The van der Waals surface area contributed by atoms with Crippen molar-refractivity contribution in [2.24, 2.45) is 0 Å². The molecule has 0 spiro atoms. The maximum atomic E-state index is 13.8. The molecule has 4 nitrogen and oxygen atoms in total. The normalized spacial score (nSPS) is 15.2. The zero-order valence-corrected chi connectivity index (χ0v) is 16.7. The van der Waals surface area contributed by atoms with Gasteiger partial charge in [0.2, 0.25) is 0 Å². The number of carboxylic acids is 1. The van der Waals surface area contributed by atoms with Crippen LogP contribution in [0.5, 0.6) is 11.5 Å². The van der Waals surface area contributed by atoms with Gasteiger partial charge in [-0.25, -0.2) is 4.39 Å². The Morgan fingerprint density at radius 2 is 1.90 bits per heavy atom. The average Bonchev–Trinajstić information content (AvgIpc) is 2.76. The van der Waals surface area contributed by atoms with E-state index in [4.69, 9.17) is 14.6 Å². The van der Waals surface area contributed by atoms with Crippen LogP contribution < -0.4 is 9.47 Å². The molecular formula is C25H23FO4. The van der Waals surface area contributed by atoms with Crippen LogP contribution in [0.3, 0.4) is 0 Å². The lowest BCUT2D eigenvalue weighted by Gasteiger charge is -2.27. The molecule has 3 aromatic carbocycles. The van der Waals surface area contributed by atoms with E-state index < -0.39 is 5.97 Å². The van der Waals surface area contributed by atoms with Crippen molar-refractivity contribution in [3.8, 4) is 22.6 Å². The van der Waals surface area contributed by atoms with Gasteiger partial charge >= 0.3 is 5.97 Å². The van der Waals surface area contributed by atoms with Crippen LogP contribution in [0, 0.1) is 5.82 Å². The zero-order chi connectivity index (χ0) is 21.1. The van der Waals surface area contributed by atoms with Gasteiger partial charge in [-0.1, -0.05) is 36.4 Å². The topological polar surface area (TPSA) is 55.8 Å². The number of halogens is 1. The van der Waals surface area contributed by atoms with E-state index in [1.54, 1.807) is 0 Å². The van der Waals surface area contributed by atoms with Gasteiger partial charge in [-0.3, -0.25) is 4.79 Å². The highest BCUT2D eigenvalue weighted by Gasteiger charge is 2.22. The first-order valence-corrected chi connectivity index (χ1v) is 9.97. The summed E-state index contributed by atoms with van der Waals surface area (Å²) in [5.74, 6) is 0.176. The number of rotatable bonds is 6. The van der Waals surface area contributed by atoms with Crippen molar-refractivity contribution in [3.05, 3.63) is 83.2 Å². The van der Waals surface area contributed by atoms with E-state index in [0.717, 1.165) is 46.4 Å². The molecule has 0 saturated carbocycles. The molecule has 3 aromatic rings. The summed E-state index contributed by atoms with van der Waals surface area (Å²) in [5, 5.41) is 8.89. The maximum Gasteiger partial charge on any atom is 0.303 e. The molecule has 0 bridgehead atoms. The van der Waals surface area contributed by atoms with E-state index in [2.05, 4.69) is 0 Å². The van der Waals surface area contributed by atoms with Crippen LogP contribution in [0.15, 0.2) is 60.7 Å². The lowest BCUT2D eigenvalue weighted by molar-refractivity contribution is -0.136. The number of aliphatic carboxylic acids is 1. The quantitative estimate of drug-likeness (QED) is 0.580. The molecule has 0 aromatic heterocycles. The van der Waals surface area contributed by atoms with Crippen molar-refractivity contribution in [3.63, 3.8) is 0 Å². The molecule has 0 amide bonds. The number of carbonyl (C=O) groups is 1. The highest BCUT2D eigenvalue weighted by Crippen LogP contribution is 2.36. The largest absolute Gasteiger partial charge is 0.497 e. The van der Waals surface area contributed by atoms with Gasteiger partial charge in [-0.05, 0) is 65.3 Å². The van der Waals surface area contributed by atoms with Crippen molar-refractivity contribution >= 4 is 5.97 Å². The summed E-state index contributed by atoms with van der Waals surface area (Å²) in [6.45, 7) is 0. The summed E-state index contributed by atoms with van der Waals surface area (Å²) in [4.78, 5) is 10.8. The number of benzene rings is 3. The van der Waals surface area contributed by atoms with Crippen LogP contribution in [0.1, 0.15) is 35.6 Å². The summed E-state index contributed by atoms with van der Waals surface area (Å²) in [7, 11) is 1.52. The van der Waals surface area contributed by atoms with Gasteiger partial charge in [-0.15, -0.1) is 0 Å². The summed E-state index contributed by atoms with van der Waals surface area (Å²) in [6, 6.07) is 18.6. The third-order valence-corrected chi connectivity index (χ3v) is 5.43. The first kappa shape index (κ1) is 20.0. The van der Waals surface area contributed by atoms with Crippen LogP contribution in [0.25, 0.3) is 11.1 Å². The molecule has 5 heteroatoms. The number of hydrogen-bond donors (Lipinski definition) is 1. The third-order valence-electron chi connectivity index (χ3n) is 5.43. The van der Waals surface area contributed by atoms with Crippen LogP contribution >= 0.6 is 0 Å². The average molecular weight is 406 g/mol. The molecule has 0 fully saturated rings. The molecule has 4 rings (SSSR count). The Morgan fingerprint density at radius 3 is 2.63 bits per heavy atom. The predicted octanol–water partition coefficient (Wildman–Crippen LogP) is 5.58. The van der Waals surface area contributed by atoms with Gasteiger partial charge in [0, 0.05) is 12.5 Å². The number of aryl methyl sites for hydroxylation is 2. The van der Waals surface area contributed by atoms with Gasteiger partial charge in [0.25, 0.3) is 0 Å². The van der Waals surface area contributed by atoms with E-state index in [1.165, 1.54) is 19.2 Å². The molecule has 1 N–H and O–H groups in total. The number of ether oxygens (including phenoxy) is 2. The summed E-state index contributed by atoms with van der Waals surface area (Å²) in [5.41, 5.74) is 4.84. The second-order valence-electron chi connectivity index (χ2n) is 7.48. The van der Waals surface area contributed by atoms with Gasteiger partial charge in [0.15, 0.2) is 0 Å². The van der Waals surface area contributed by atoms with Crippen LogP contribution in [0.2, 0.25) is 0 Å². The lowest BCUT2D eigenvalue weighted by Crippen LogP contribution is -2.15. The molecule has 1 atom stereocenters. The monoisotopic (exact) mass is 406 g/mol. The highest BCUT2D eigenvalue weighted by molar-refractivity contribution is 5.67. The van der Waals surface area contributed by atoms with Crippen LogP contribution in [0.4, 0.5) is 4.39 Å². The van der Waals surface area contributed by atoms with Crippen LogP contribution in [-0.2, 0) is 17.6 Å². The summed E-state index contributed by atoms with van der Waals surface area (Å²) in [6.07, 6.45) is 2.30. The van der Waals surface area contributed by atoms with E-state index in [1.807, 2.05) is 48.5 Å². The fourth-order valence-electron chi connectivity index (χ4n) is 3.79. The number of carboxylic acid groups (broad SMARTS) is 1. The SMILES string of the molecule is COc1cc(F)cc(-c2ccc(C3CCc4ccc(CCC(=O)O)cc4O3)cc2)c1. The Morgan fingerprint density at radius 1 is 1.10 bits per heavy atom. The van der Waals surface area contributed by atoms with E-state index in [9.17, 15) is 9.18 Å². The molecule has 1 unspecified atom stereocenters. The minimum Gasteiger partial charge on any atom is -0.497 e. The van der Waals surface area contributed by atoms with E-state index in [-0.39, 0.29) is 18.3 Å². The van der Waals surface area contributed by atoms with E-state index in [0.29, 0.717) is 12.2 Å².